The molecule has 0 fully saturated rings. The topological polar surface area (TPSA) is 0 Å². The minimum absolute atomic E-state index is 0. The predicted molar refractivity (Wildman–Crippen MR) is 93.9 cm³/mol. The number of hydrogen-bond donors (Lipinski definition) is 0. The second kappa shape index (κ2) is 21.7. The van der Waals surface area contributed by atoms with Crippen LogP contribution in [0.5, 0.6) is 0 Å². The molecule has 0 atom stereocenters. The van der Waals surface area contributed by atoms with E-state index in [9.17, 15) is 0 Å². The molecular formula is C12H30AlCl4Ti-3. The third kappa shape index (κ3) is 963. The summed E-state index contributed by atoms with van der Waals surface area (Å²) in [5, 5.41) is 0. The van der Waals surface area contributed by atoms with Crippen LogP contribution in [0.4, 0.5) is 0 Å². The van der Waals surface area contributed by atoms with Gasteiger partial charge in [-0.15, -0.1) is 0 Å². The summed E-state index contributed by atoms with van der Waals surface area (Å²) in [6, 6.07) is 0. The van der Waals surface area contributed by atoms with Crippen molar-refractivity contribution in [2.45, 2.75) is 41.5 Å². The van der Waals surface area contributed by atoms with E-state index in [-0.39, 0.29) is 17.4 Å². The summed E-state index contributed by atoms with van der Waals surface area (Å²) in [5.74, 6) is 1.75. The van der Waals surface area contributed by atoms with Gasteiger partial charge in [0.2, 0.25) is 0 Å². The van der Waals surface area contributed by atoms with Crippen LogP contribution in [0.3, 0.4) is 0 Å². The van der Waals surface area contributed by atoms with Crippen molar-refractivity contribution in [1.82, 2.24) is 0 Å². The maximum absolute atomic E-state index is 5.01. The van der Waals surface area contributed by atoms with Crippen molar-refractivity contribution in [1.29, 1.82) is 0 Å². The Morgan fingerprint density at radius 1 is 0.611 bits per heavy atom. The molecule has 0 aliphatic rings. The summed E-state index contributed by atoms with van der Waals surface area (Å²) in [6.45, 7) is 23.2. The van der Waals surface area contributed by atoms with Crippen molar-refractivity contribution >= 4 is 54.6 Å². The molecule has 0 unspecified atom stereocenters. The van der Waals surface area contributed by atoms with E-state index in [2.05, 4.69) is 62.3 Å². The molecule has 0 bridgehead atoms. The van der Waals surface area contributed by atoms with E-state index >= 15 is 0 Å². The zero-order valence-corrected chi connectivity index (χ0v) is 16.5. The molecule has 0 spiro atoms. The molecule has 0 nitrogen and oxygen atoms in total. The van der Waals surface area contributed by atoms with Crippen LogP contribution in [0.15, 0.2) is 0 Å². The Morgan fingerprint density at radius 3 is 0.611 bits per heavy atom. The van der Waals surface area contributed by atoms with Gasteiger partial charge in [0.15, 0.2) is 17.4 Å². The zero-order chi connectivity index (χ0) is 15.2. The fourth-order valence-corrected chi connectivity index (χ4v) is 0. The van der Waals surface area contributed by atoms with Gasteiger partial charge in [-0.05, 0) is 0 Å². The Bertz CT molecular complexity index is 97.2. The van der Waals surface area contributed by atoms with Crippen molar-refractivity contribution in [3.8, 4) is 0 Å². The molecule has 0 aromatic rings. The molecule has 0 saturated carbocycles. The van der Waals surface area contributed by atoms with Gasteiger partial charge < -0.3 is 20.8 Å². The first-order valence-electron chi connectivity index (χ1n) is 5.44. The third-order valence-corrected chi connectivity index (χ3v) is 0. The molecular weight excluding hydrogens is 361 g/mol. The number of halogens is 4. The average molecular weight is 391 g/mol. The van der Waals surface area contributed by atoms with Crippen molar-refractivity contribution in [3.05, 3.63) is 20.8 Å². The molecule has 6 heteroatoms. The van der Waals surface area contributed by atoms with Crippen LogP contribution >= 0.6 is 37.2 Å². The third-order valence-electron chi connectivity index (χ3n) is 0. The molecule has 0 heterocycles. The molecule has 0 amide bonds. The first-order valence-corrected chi connectivity index (χ1v) is 14.0. The monoisotopic (exact) mass is 389 g/mol. The molecule has 0 radical (unpaired) electrons. The Hall–Kier alpha value is 2.41. The van der Waals surface area contributed by atoms with E-state index in [1.165, 1.54) is 0 Å². The average Bonchev–Trinajstić information content (AvgIpc) is 1.73. The van der Waals surface area contributed by atoms with Crippen LogP contribution < -0.4 is 0 Å². The molecule has 0 rings (SSSR count). The molecule has 0 aromatic heterocycles. The van der Waals surface area contributed by atoms with Crippen molar-refractivity contribution in [3.63, 3.8) is 0 Å². The molecule has 18 heavy (non-hydrogen) atoms. The Labute approximate surface area is 145 Å². The van der Waals surface area contributed by atoms with Gasteiger partial charge in [-0.1, -0.05) is 41.5 Å². The van der Waals surface area contributed by atoms with Crippen LogP contribution in [-0.2, 0) is 12.3 Å². The fourth-order valence-electron chi connectivity index (χ4n) is 0. The van der Waals surface area contributed by atoms with Crippen LogP contribution in [0.1, 0.15) is 41.5 Å². The fraction of sp³-hybridized carbons (Fsp3) is 0.750. The molecule has 0 aromatic carbocycles. The molecule has 0 aliphatic carbocycles. The van der Waals surface area contributed by atoms with Crippen molar-refractivity contribution in [2.24, 2.45) is 17.8 Å². The van der Waals surface area contributed by atoms with Crippen molar-refractivity contribution in [2.75, 3.05) is 0 Å². The Kier molecular flexibility index (Phi) is 39.0. The maximum atomic E-state index is 5.01. The summed E-state index contributed by atoms with van der Waals surface area (Å²) in [4.78, 5) is 0. The van der Waals surface area contributed by atoms with Gasteiger partial charge in [-0.25, -0.2) is 0 Å². The second-order valence-corrected chi connectivity index (χ2v) is 20.1. The summed E-state index contributed by atoms with van der Waals surface area (Å²) in [7, 11) is 20.1. The van der Waals surface area contributed by atoms with E-state index in [1.807, 2.05) is 0 Å². The van der Waals surface area contributed by atoms with E-state index in [0.717, 1.165) is 0 Å². The normalized spacial score (nSPS) is 9.33. The molecule has 0 aliphatic heterocycles. The quantitative estimate of drug-likeness (QED) is 0.351. The van der Waals surface area contributed by atoms with E-state index in [0.29, 0.717) is 17.8 Å². The van der Waals surface area contributed by atoms with Crippen LogP contribution in [0, 0.1) is 38.5 Å². The van der Waals surface area contributed by atoms with E-state index in [4.69, 9.17) is 37.2 Å². The van der Waals surface area contributed by atoms with Gasteiger partial charge in [-0.3, -0.25) is 0 Å². The minimum atomic E-state index is -3.11. The summed E-state index contributed by atoms with van der Waals surface area (Å²) in [5.41, 5.74) is 0. The first kappa shape index (κ1) is 32.4. The van der Waals surface area contributed by atoms with Gasteiger partial charge in [0.25, 0.3) is 0 Å². The van der Waals surface area contributed by atoms with Crippen LogP contribution in [0.2, 0.25) is 0 Å². The van der Waals surface area contributed by atoms with Gasteiger partial charge in [0.05, 0.1) is 0 Å². The molecule has 0 saturated heterocycles. The Balaban J connectivity index is -0.0000000412. The summed E-state index contributed by atoms with van der Waals surface area (Å²) in [6.07, 6.45) is 0. The molecule has 116 valence electrons. The standard InChI is InChI=1S/3C4H9.Al.4ClH.Ti.3H/c3*1-4(2)3;;;;;;;;;/h3*4H,1H2,2-3H3;;4*1H;;;;/q3*-1;;;;;;+4;;;/p-4. The van der Waals surface area contributed by atoms with Gasteiger partial charge in [0, 0.05) is 0 Å². The van der Waals surface area contributed by atoms with Crippen LogP contribution in [-0.4, -0.2) is 17.4 Å². The molecule has 0 N–H and O–H groups in total. The number of hydrogen-bond acceptors (Lipinski definition) is 0. The van der Waals surface area contributed by atoms with Crippen LogP contribution in [0.25, 0.3) is 0 Å². The Morgan fingerprint density at radius 2 is 0.611 bits per heavy atom. The first-order chi connectivity index (χ1) is 7.20. The van der Waals surface area contributed by atoms with E-state index in [1.54, 1.807) is 0 Å². The second-order valence-electron chi connectivity index (χ2n) is 4.61. The number of rotatable bonds is 0. The predicted octanol–water partition coefficient (Wildman–Crippen LogP) is 6.00. The zero-order valence-electron chi connectivity index (χ0n) is 11.9. The summed E-state index contributed by atoms with van der Waals surface area (Å²) >= 11 is -3.11. The van der Waals surface area contributed by atoms with E-state index < -0.39 is 12.3 Å². The van der Waals surface area contributed by atoms with Gasteiger partial charge in [-0.2, -0.15) is 17.8 Å². The summed E-state index contributed by atoms with van der Waals surface area (Å²) < 4.78 is 0. The van der Waals surface area contributed by atoms with Gasteiger partial charge >= 0.3 is 49.6 Å². The SMILES string of the molecule is [AlH3].[CH2-]C(C)C.[CH2-]C(C)C.[CH2-]C(C)C.[Cl][Ti]([Cl])([Cl])[Cl]. The van der Waals surface area contributed by atoms with Gasteiger partial charge in [0.1, 0.15) is 0 Å². The van der Waals surface area contributed by atoms with Crippen molar-refractivity contribution < 1.29 is 12.3 Å².